The number of carbonyl (C=O) groups is 1. The van der Waals surface area contributed by atoms with Crippen molar-refractivity contribution in [2.24, 2.45) is 0 Å². The summed E-state index contributed by atoms with van der Waals surface area (Å²) in [6, 6.07) is 7.92. The standard InChI is InChI=1S/C26H21Cl2F3N4O3S/c27-17-2-1-3-18(28)21(17)22-16(24(38-33-22)15-4-5-15)12-34-6-8-35(9-7-34)25-32-23-19(37-26(29,30)31)10-14(13-36)11-20(23)39-25/h1-3,10-11,13,15H,4-9,12H2. The molecule has 2 aromatic carbocycles. The van der Waals surface area contributed by atoms with E-state index in [0.717, 1.165) is 30.2 Å². The van der Waals surface area contributed by atoms with Gasteiger partial charge in [0.1, 0.15) is 23.3 Å². The largest absolute Gasteiger partial charge is 0.573 e. The van der Waals surface area contributed by atoms with Gasteiger partial charge in [0.25, 0.3) is 0 Å². The van der Waals surface area contributed by atoms with Crippen LogP contribution in [-0.4, -0.2) is 53.9 Å². The molecule has 3 heterocycles. The molecule has 0 N–H and O–H groups in total. The van der Waals surface area contributed by atoms with Crippen LogP contribution in [0.3, 0.4) is 0 Å². The molecule has 2 aliphatic rings. The number of anilines is 1. The molecular formula is C26H21Cl2F3N4O3S. The van der Waals surface area contributed by atoms with Gasteiger partial charge in [0.05, 0.1) is 14.7 Å². The highest BCUT2D eigenvalue weighted by Crippen LogP contribution is 2.46. The number of rotatable bonds is 7. The molecule has 4 aromatic rings. The minimum Gasteiger partial charge on any atom is -0.403 e. The number of piperazine rings is 1. The summed E-state index contributed by atoms with van der Waals surface area (Å²) in [5.41, 5.74) is 2.48. The quantitative estimate of drug-likeness (QED) is 0.209. The Hall–Kier alpha value is -2.86. The summed E-state index contributed by atoms with van der Waals surface area (Å²) < 4.78 is 49.3. The zero-order chi connectivity index (χ0) is 27.3. The first-order valence-electron chi connectivity index (χ1n) is 12.3. The van der Waals surface area contributed by atoms with Gasteiger partial charge in [-0.15, -0.1) is 13.2 Å². The number of aldehydes is 1. The second-order valence-electron chi connectivity index (χ2n) is 9.54. The van der Waals surface area contributed by atoms with Gasteiger partial charge in [-0.1, -0.05) is 45.8 Å². The third kappa shape index (κ3) is 5.45. The van der Waals surface area contributed by atoms with Crippen LogP contribution in [0.25, 0.3) is 21.5 Å². The molecule has 2 fully saturated rings. The molecule has 1 saturated carbocycles. The molecule has 13 heteroatoms. The number of ether oxygens (including phenoxy) is 1. The lowest BCUT2D eigenvalue weighted by atomic mass is 10.0. The highest BCUT2D eigenvalue weighted by molar-refractivity contribution is 7.22. The third-order valence-electron chi connectivity index (χ3n) is 6.82. The van der Waals surface area contributed by atoms with E-state index in [4.69, 9.17) is 27.7 Å². The number of halogens is 5. The predicted octanol–water partition coefficient (Wildman–Crippen LogP) is 7.17. The molecule has 0 unspecified atom stereocenters. The molecule has 2 aromatic heterocycles. The Kier molecular flexibility index (Phi) is 6.95. The van der Waals surface area contributed by atoms with Crippen LogP contribution in [0.15, 0.2) is 34.9 Å². The maximum atomic E-state index is 13.0. The van der Waals surface area contributed by atoms with E-state index in [1.54, 1.807) is 18.2 Å². The van der Waals surface area contributed by atoms with Gasteiger partial charge in [0.15, 0.2) is 10.9 Å². The van der Waals surface area contributed by atoms with E-state index in [0.29, 0.717) is 76.1 Å². The molecule has 39 heavy (non-hydrogen) atoms. The molecule has 0 radical (unpaired) electrons. The van der Waals surface area contributed by atoms with Crippen molar-refractivity contribution in [3.63, 3.8) is 0 Å². The van der Waals surface area contributed by atoms with Crippen molar-refractivity contribution in [1.82, 2.24) is 15.0 Å². The molecular weight excluding hydrogens is 576 g/mol. The normalized spacial score (nSPS) is 16.7. The van der Waals surface area contributed by atoms with Gasteiger partial charge in [0, 0.05) is 55.3 Å². The van der Waals surface area contributed by atoms with Gasteiger partial charge in [-0.2, -0.15) is 0 Å². The van der Waals surface area contributed by atoms with E-state index < -0.39 is 12.1 Å². The minimum absolute atomic E-state index is 0.0835. The van der Waals surface area contributed by atoms with Crippen molar-refractivity contribution in [1.29, 1.82) is 0 Å². The summed E-state index contributed by atoms with van der Waals surface area (Å²) in [5.74, 6) is 0.739. The molecule has 0 atom stereocenters. The molecule has 1 saturated heterocycles. The zero-order valence-electron chi connectivity index (χ0n) is 20.3. The fraction of sp³-hybridized carbons (Fsp3) is 0.346. The first-order valence-corrected chi connectivity index (χ1v) is 13.8. The first kappa shape index (κ1) is 26.4. The Morgan fingerprint density at radius 1 is 1.13 bits per heavy atom. The average Bonchev–Trinajstić information content (AvgIpc) is 3.51. The maximum absolute atomic E-state index is 13.0. The molecule has 204 valence electrons. The number of fused-ring (bicyclic) bond motifs is 1. The molecule has 0 amide bonds. The number of alkyl halides is 3. The van der Waals surface area contributed by atoms with E-state index in [-0.39, 0.29) is 11.1 Å². The monoisotopic (exact) mass is 596 g/mol. The van der Waals surface area contributed by atoms with Crippen LogP contribution in [0.2, 0.25) is 10.0 Å². The Labute approximate surface area is 235 Å². The van der Waals surface area contributed by atoms with Crippen molar-refractivity contribution in [2.75, 3.05) is 31.1 Å². The number of thiazole rings is 1. The van der Waals surface area contributed by atoms with Crippen LogP contribution in [0.5, 0.6) is 5.75 Å². The van der Waals surface area contributed by atoms with E-state index in [1.165, 1.54) is 17.4 Å². The summed E-state index contributed by atoms with van der Waals surface area (Å²) in [5, 5.41) is 5.95. The minimum atomic E-state index is -4.89. The van der Waals surface area contributed by atoms with Crippen LogP contribution in [0.1, 0.15) is 40.4 Å². The smallest absolute Gasteiger partial charge is 0.403 e. The first-order chi connectivity index (χ1) is 18.7. The zero-order valence-corrected chi connectivity index (χ0v) is 22.6. The molecule has 0 bridgehead atoms. The van der Waals surface area contributed by atoms with Gasteiger partial charge in [-0.05, 0) is 37.1 Å². The number of hydrogen-bond donors (Lipinski definition) is 0. The Morgan fingerprint density at radius 2 is 1.85 bits per heavy atom. The Bertz CT molecular complexity index is 1530. The number of hydrogen-bond acceptors (Lipinski definition) is 8. The summed E-state index contributed by atoms with van der Waals surface area (Å²) in [4.78, 5) is 20.0. The van der Waals surface area contributed by atoms with Crippen LogP contribution in [-0.2, 0) is 6.54 Å². The summed E-state index contributed by atoms with van der Waals surface area (Å²) in [6.45, 7) is 3.20. The third-order valence-corrected chi connectivity index (χ3v) is 8.52. The molecule has 7 nitrogen and oxygen atoms in total. The molecule has 0 spiro atoms. The highest BCUT2D eigenvalue weighted by Gasteiger charge is 2.35. The van der Waals surface area contributed by atoms with Gasteiger partial charge < -0.3 is 14.2 Å². The van der Waals surface area contributed by atoms with Crippen molar-refractivity contribution in [3.05, 3.63) is 57.3 Å². The average molecular weight is 597 g/mol. The van der Waals surface area contributed by atoms with Crippen molar-refractivity contribution in [3.8, 4) is 17.0 Å². The van der Waals surface area contributed by atoms with Gasteiger partial charge in [-0.25, -0.2) is 4.98 Å². The van der Waals surface area contributed by atoms with E-state index in [2.05, 4.69) is 19.8 Å². The van der Waals surface area contributed by atoms with Crippen LogP contribution in [0.4, 0.5) is 18.3 Å². The summed E-state index contributed by atoms with van der Waals surface area (Å²) >= 11 is 14.2. The lowest BCUT2D eigenvalue weighted by molar-refractivity contribution is -0.274. The van der Waals surface area contributed by atoms with Crippen molar-refractivity contribution >= 4 is 56.2 Å². The second-order valence-corrected chi connectivity index (χ2v) is 11.4. The lowest BCUT2D eigenvalue weighted by Crippen LogP contribution is -2.46. The highest BCUT2D eigenvalue weighted by atomic mass is 35.5. The Balaban J connectivity index is 1.22. The molecule has 1 aliphatic carbocycles. The van der Waals surface area contributed by atoms with E-state index in [9.17, 15) is 18.0 Å². The predicted molar refractivity (Wildman–Crippen MR) is 143 cm³/mol. The van der Waals surface area contributed by atoms with E-state index in [1.807, 2.05) is 4.90 Å². The lowest BCUT2D eigenvalue weighted by Gasteiger charge is -2.34. The number of nitrogens with zero attached hydrogens (tertiary/aromatic N) is 4. The number of benzene rings is 2. The fourth-order valence-electron chi connectivity index (χ4n) is 4.80. The number of carbonyl (C=O) groups excluding carboxylic acids is 1. The second kappa shape index (κ2) is 10.3. The SMILES string of the molecule is O=Cc1cc(OC(F)(F)F)c2nc(N3CCN(Cc4c(-c5c(Cl)cccc5Cl)noc4C4CC4)CC3)sc2c1. The van der Waals surface area contributed by atoms with Crippen LogP contribution in [0, 0.1) is 0 Å². The Morgan fingerprint density at radius 3 is 2.49 bits per heavy atom. The fourth-order valence-corrected chi connectivity index (χ4v) is 6.46. The van der Waals surface area contributed by atoms with Gasteiger partial charge in [0.2, 0.25) is 0 Å². The van der Waals surface area contributed by atoms with Gasteiger partial charge >= 0.3 is 6.36 Å². The summed E-state index contributed by atoms with van der Waals surface area (Å²) in [7, 11) is 0. The van der Waals surface area contributed by atoms with Crippen LogP contribution >= 0.6 is 34.5 Å². The molecule has 1 aliphatic heterocycles. The number of aromatic nitrogens is 2. The van der Waals surface area contributed by atoms with Gasteiger partial charge in [-0.3, -0.25) is 9.69 Å². The summed E-state index contributed by atoms with van der Waals surface area (Å²) in [6.07, 6.45) is -2.30. The van der Waals surface area contributed by atoms with Crippen LogP contribution < -0.4 is 9.64 Å². The van der Waals surface area contributed by atoms with Crippen molar-refractivity contribution < 1.29 is 27.2 Å². The van der Waals surface area contributed by atoms with Crippen molar-refractivity contribution in [2.45, 2.75) is 31.7 Å². The topological polar surface area (TPSA) is 71.7 Å². The maximum Gasteiger partial charge on any atom is 0.573 e. The molecule has 6 rings (SSSR count). The van der Waals surface area contributed by atoms with E-state index >= 15 is 0 Å².